The van der Waals surface area contributed by atoms with Crippen molar-refractivity contribution >= 4 is 32.6 Å². The Morgan fingerprint density at radius 3 is 2.68 bits per heavy atom. The van der Waals surface area contributed by atoms with Crippen molar-refractivity contribution in [2.24, 2.45) is 0 Å². The summed E-state index contributed by atoms with van der Waals surface area (Å²) in [7, 11) is -3.10. The average Bonchev–Trinajstić information content (AvgIpc) is 3.33. The number of fused-ring (bicyclic) bond motifs is 1. The van der Waals surface area contributed by atoms with Gasteiger partial charge in [0.1, 0.15) is 5.76 Å². The van der Waals surface area contributed by atoms with Crippen LogP contribution in [0.4, 0.5) is 0 Å². The molecule has 0 unspecified atom stereocenters. The van der Waals surface area contributed by atoms with Gasteiger partial charge in [0.25, 0.3) is 0 Å². The molecule has 0 N–H and O–H groups in total. The number of amides is 1. The Kier molecular flexibility index (Phi) is 5.05. The van der Waals surface area contributed by atoms with Gasteiger partial charge in [0.05, 0.1) is 17.8 Å². The molecule has 144 valence electrons. The molecule has 2 aromatic carbocycles. The van der Waals surface area contributed by atoms with Gasteiger partial charge in [-0.2, -0.15) is 0 Å². The van der Waals surface area contributed by atoms with Crippen molar-refractivity contribution in [2.75, 3.05) is 11.5 Å². The normalized spacial score (nSPS) is 18.6. The molecule has 0 aliphatic carbocycles. The van der Waals surface area contributed by atoms with Gasteiger partial charge in [-0.1, -0.05) is 42.5 Å². The predicted octanol–water partition coefficient (Wildman–Crippen LogP) is 3.66. The molecule has 1 aliphatic rings. The quantitative estimate of drug-likeness (QED) is 0.618. The highest BCUT2D eigenvalue weighted by atomic mass is 32.2. The first-order chi connectivity index (χ1) is 13.5. The number of carbonyl (C=O) groups excluding carboxylic acids is 1. The smallest absolute Gasteiger partial charge is 0.247 e. The number of furan rings is 1. The number of sulfone groups is 1. The molecule has 1 aliphatic heterocycles. The summed E-state index contributed by atoms with van der Waals surface area (Å²) in [6, 6.07) is 17.2. The van der Waals surface area contributed by atoms with E-state index >= 15 is 0 Å². The topological polar surface area (TPSA) is 67.6 Å². The van der Waals surface area contributed by atoms with Gasteiger partial charge in [-0.3, -0.25) is 4.79 Å². The van der Waals surface area contributed by atoms with Crippen LogP contribution in [0, 0.1) is 0 Å². The molecule has 28 heavy (non-hydrogen) atoms. The number of hydrogen-bond donors (Lipinski definition) is 0. The standard InChI is InChI=1S/C22H21NO4S/c24-22(11-10-20-8-4-13-27-20)23(19-12-14-28(25,26)16-19)15-18-7-3-6-17-5-1-2-9-21(17)18/h1-11,13,19H,12,14-16H2/b11-10+/t19-/m1/s1. The van der Waals surface area contributed by atoms with Crippen LogP contribution in [0.5, 0.6) is 0 Å². The number of benzene rings is 2. The molecule has 0 saturated carbocycles. The van der Waals surface area contributed by atoms with Gasteiger partial charge in [0.15, 0.2) is 9.84 Å². The molecule has 1 aromatic heterocycles. The third kappa shape index (κ3) is 4.02. The Morgan fingerprint density at radius 1 is 1.11 bits per heavy atom. The zero-order chi connectivity index (χ0) is 19.6. The maximum atomic E-state index is 13.0. The Morgan fingerprint density at radius 2 is 1.93 bits per heavy atom. The van der Waals surface area contributed by atoms with Crippen LogP contribution in [0.3, 0.4) is 0 Å². The van der Waals surface area contributed by atoms with E-state index in [1.54, 1.807) is 29.4 Å². The number of rotatable bonds is 5. The van der Waals surface area contributed by atoms with Crippen LogP contribution in [0.1, 0.15) is 17.7 Å². The van der Waals surface area contributed by atoms with Crippen LogP contribution < -0.4 is 0 Å². The third-order valence-corrected chi connectivity index (χ3v) is 6.84. The average molecular weight is 395 g/mol. The van der Waals surface area contributed by atoms with Crippen LogP contribution in [0.15, 0.2) is 71.4 Å². The summed E-state index contributed by atoms with van der Waals surface area (Å²) in [6.45, 7) is 0.364. The molecule has 0 radical (unpaired) electrons. The summed E-state index contributed by atoms with van der Waals surface area (Å²) in [4.78, 5) is 14.7. The highest BCUT2D eigenvalue weighted by Gasteiger charge is 2.34. The second-order valence-electron chi connectivity index (χ2n) is 7.01. The van der Waals surface area contributed by atoms with Gasteiger partial charge in [-0.15, -0.1) is 0 Å². The molecule has 3 aromatic rings. The van der Waals surface area contributed by atoms with E-state index in [0.717, 1.165) is 16.3 Å². The van der Waals surface area contributed by atoms with Gasteiger partial charge < -0.3 is 9.32 Å². The van der Waals surface area contributed by atoms with Crippen LogP contribution in [-0.4, -0.2) is 36.8 Å². The Bertz CT molecular complexity index is 1110. The second kappa shape index (κ2) is 7.64. The lowest BCUT2D eigenvalue weighted by molar-refractivity contribution is -0.128. The summed E-state index contributed by atoms with van der Waals surface area (Å²) in [5, 5.41) is 2.16. The summed E-state index contributed by atoms with van der Waals surface area (Å²) < 4.78 is 29.3. The van der Waals surface area contributed by atoms with Crippen LogP contribution in [0.2, 0.25) is 0 Å². The summed E-state index contributed by atoms with van der Waals surface area (Å²) in [5.41, 5.74) is 1.00. The minimum atomic E-state index is -3.10. The monoisotopic (exact) mass is 395 g/mol. The van der Waals surface area contributed by atoms with Gasteiger partial charge >= 0.3 is 0 Å². The molecule has 5 nitrogen and oxygen atoms in total. The molecule has 4 rings (SSSR count). The van der Waals surface area contributed by atoms with Crippen molar-refractivity contribution in [3.05, 3.63) is 78.3 Å². The van der Waals surface area contributed by atoms with Gasteiger partial charge in [-0.05, 0) is 41.0 Å². The first-order valence-corrected chi connectivity index (χ1v) is 11.0. The molecule has 1 saturated heterocycles. The molecule has 0 spiro atoms. The SMILES string of the molecule is O=C(/C=C/c1ccco1)N(Cc1cccc2ccccc12)[C@@H]1CCS(=O)(=O)C1. The minimum Gasteiger partial charge on any atom is -0.465 e. The fourth-order valence-electron chi connectivity index (χ4n) is 3.66. The molecule has 1 fully saturated rings. The van der Waals surface area contributed by atoms with Crippen molar-refractivity contribution in [1.29, 1.82) is 0 Å². The van der Waals surface area contributed by atoms with E-state index in [1.165, 1.54) is 6.08 Å². The molecular weight excluding hydrogens is 374 g/mol. The maximum Gasteiger partial charge on any atom is 0.247 e. The highest BCUT2D eigenvalue weighted by molar-refractivity contribution is 7.91. The molecule has 0 bridgehead atoms. The van der Waals surface area contributed by atoms with Crippen LogP contribution in [0.25, 0.3) is 16.8 Å². The number of nitrogens with zero attached hydrogens (tertiary/aromatic N) is 1. The van der Waals surface area contributed by atoms with E-state index in [1.807, 2.05) is 42.5 Å². The van der Waals surface area contributed by atoms with E-state index in [4.69, 9.17) is 4.42 Å². The summed E-state index contributed by atoms with van der Waals surface area (Å²) in [5.74, 6) is 0.501. The summed E-state index contributed by atoms with van der Waals surface area (Å²) >= 11 is 0. The third-order valence-electron chi connectivity index (χ3n) is 5.09. The zero-order valence-corrected chi connectivity index (χ0v) is 16.1. The molecular formula is C22H21NO4S. The largest absolute Gasteiger partial charge is 0.465 e. The lowest BCUT2D eigenvalue weighted by Crippen LogP contribution is -2.39. The van der Waals surface area contributed by atoms with E-state index in [0.29, 0.717) is 18.7 Å². The lowest BCUT2D eigenvalue weighted by Gasteiger charge is -2.28. The number of hydrogen-bond acceptors (Lipinski definition) is 4. The Balaban J connectivity index is 1.65. The van der Waals surface area contributed by atoms with Crippen molar-refractivity contribution < 1.29 is 17.6 Å². The molecule has 1 atom stereocenters. The van der Waals surface area contributed by atoms with E-state index < -0.39 is 9.84 Å². The maximum absolute atomic E-state index is 13.0. The van der Waals surface area contributed by atoms with Gasteiger partial charge in [-0.25, -0.2) is 8.42 Å². The van der Waals surface area contributed by atoms with Crippen LogP contribution in [-0.2, 0) is 21.2 Å². The van der Waals surface area contributed by atoms with Crippen molar-refractivity contribution in [2.45, 2.75) is 19.0 Å². The molecule has 1 amide bonds. The second-order valence-corrected chi connectivity index (χ2v) is 9.24. The zero-order valence-electron chi connectivity index (χ0n) is 15.3. The molecule has 6 heteroatoms. The fourth-order valence-corrected chi connectivity index (χ4v) is 5.39. The van der Waals surface area contributed by atoms with E-state index in [-0.39, 0.29) is 23.5 Å². The first-order valence-electron chi connectivity index (χ1n) is 9.21. The van der Waals surface area contributed by atoms with Gasteiger partial charge in [0, 0.05) is 18.7 Å². The van der Waals surface area contributed by atoms with E-state index in [9.17, 15) is 13.2 Å². The highest BCUT2D eigenvalue weighted by Crippen LogP contribution is 2.25. The van der Waals surface area contributed by atoms with Crippen LogP contribution >= 0.6 is 0 Å². The molecule has 2 heterocycles. The predicted molar refractivity (Wildman–Crippen MR) is 109 cm³/mol. The Labute approximate surface area is 164 Å². The van der Waals surface area contributed by atoms with Crippen molar-refractivity contribution in [3.63, 3.8) is 0 Å². The Hall–Kier alpha value is -2.86. The fraction of sp³-hybridized carbons (Fsp3) is 0.227. The minimum absolute atomic E-state index is 0.0120. The lowest BCUT2D eigenvalue weighted by atomic mass is 10.0. The van der Waals surface area contributed by atoms with Crippen molar-refractivity contribution in [3.8, 4) is 0 Å². The van der Waals surface area contributed by atoms with Gasteiger partial charge in [0.2, 0.25) is 5.91 Å². The van der Waals surface area contributed by atoms with E-state index in [2.05, 4.69) is 0 Å². The van der Waals surface area contributed by atoms with Crippen molar-refractivity contribution in [1.82, 2.24) is 4.90 Å². The first kappa shape index (κ1) is 18.5. The number of carbonyl (C=O) groups is 1. The summed E-state index contributed by atoms with van der Waals surface area (Å²) in [6.07, 6.45) is 5.08.